The van der Waals surface area contributed by atoms with Gasteiger partial charge in [-0.3, -0.25) is 0 Å². The Bertz CT molecular complexity index is 1050. The second-order valence-electron chi connectivity index (χ2n) is 6.83. The third-order valence-corrected chi connectivity index (χ3v) is 6.20. The van der Waals surface area contributed by atoms with Gasteiger partial charge in [0.1, 0.15) is 17.0 Å². The molecular weight excluding hydrogens is 338 g/mol. The summed E-state index contributed by atoms with van der Waals surface area (Å²) in [6.07, 6.45) is 3.78. The zero-order valence-corrected chi connectivity index (χ0v) is 15.4. The van der Waals surface area contributed by atoms with Gasteiger partial charge in [0.15, 0.2) is 0 Å². The van der Waals surface area contributed by atoms with Crippen molar-refractivity contribution in [1.29, 1.82) is 0 Å². The highest BCUT2D eigenvalue weighted by atomic mass is 32.1. The lowest BCUT2D eigenvalue weighted by Gasteiger charge is -2.31. The maximum atomic E-state index is 4.75. The Kier molecular flexibility index (Phi) is 3.71. The SMILES string of the molecule is Cc1csc2ncnc(N(c3ccccc3)C3Cc4ccccc4C3)c12. The highest BCUT2D eigenvalue weighted by molar-refractivity contribution is 7.17. The Morgan fingerprint density at radius 1 is 0.923 bits per heavy atom. The van der Waals surface area contributed by atoms with Crippen molar-refractivity contribution in [3.8, 4) is 0 Å². The fourth-order valence-electron chi connectivity index (χ4n) is 3.99. The molecule has 0 N–H and O–H groups in total. The summed E-state index contributed by atoms with van der Waals surface area (Å²) in [4.78, 5) is 12.7. The Labute approximate surface area is 157 Å². The molecule has 0 unspecified atom stereocenters. The van der Waals surface area contributed by atoms with E-state index in [1.165, 1.54) is 27.8 Å². The molecule has 0 aliphatic heterocycles. The van der Waals surface area contributed by atoms with Crippen LogP contribution in [0.1, 0.15) is 16.7 Å². The van der Waals surface area contributed by atoms with Crippen LogP contribution in [0.25, 0.3) is 10.2 Å². The first-order valence-electron chi connectivity index (χ1n) is 8.91. The number of aryl methyl sites for hydroxylation is 1. The van der Waals surface area contributed by atoms with Crippen molar-refractivity contribution in [2.75, 3.05) is 4.90 Å². The first-order chi connectivity index (χ1) is 12.8. The van der Waals surface area contributed by atoms with Crippen LogP contribution >= 0.6 is 11.3 Å². The molecule has 128 valence electrons. The quantitative estimate of drug-likeness (QED) is 0.498. The molecule has 5 rings (SSSR count). The van der Waals surface area contributed by atoms with E-state index in [-0.39, 0.29) is 0 Å². The predicted molar refractivity (Wildman–Crippen MR) is 108 cm³/mol. The highest BCUT2D eigenvalue weighted by Crippen LogP contribution is 2.39. The summed E-state index contributed by atoms with van der Waals surface area (Å²) in [5, 5.41) is 3.35. The normalized spacial score (nSPS) is 13.9. The van der Waals surface area contributed by atoms with Crippen molar-refractivity contribution < 1.29 is 0 Å². The molecule has 0 spiro atoms. The summed E-state index contributed by atoms with van der Waals surface area (Å²) >= 11 is 1.69. The molecule has 0 saturated carbocycles. The zero-order valence-electron chi connectivity index (χ0n) is 14.6. The van der Waals surface area contributed by atoms with E-state index in [9.17, 15) is 0 Å². The average Bonchev–Trinajstić information content (AvgIpc) is 3.27. The minimum absolute atomic E-state index is 0.368. The zero-order chi connectivity index (χ0) is 17.5. The third kappa shape index (κ3) is 2.49. The maximum absolute atomic E-state index is 4.75. The number of fused-ring (bicyclic) bond motifs is 2. The van der Waals surface area contributed by atoms with E-state index in [1.807, 2.05) is 0 Å². The molecule has 0 atom stereocenters. The molecule has 2 heterocycles. The fraction of sp³-hybridized carbons (Fsp3) is 0.182. The monoisotopic (exact) mass is 357 g/mol. The van der Waals surface area contributed by atoms with Gasteiger partial charge in [0.05, 0.1) is 5.39 Å². The lowest BCUT2D eigenvalue weighted by molar-refractivity contribution is 0.687. The van der Waals surface area contributed by atoms with Gasteiger partial charge in [-0.15, -0.1) is 11.3 Å². The van der Waals surface area contributed by atoms with E-state index in [1.54, 1.807) is 17.7 Å². The van der Waals surface area contributed by atoms with Crippen molar-refractivity contribution in [1.82, 2.24) is 9.97 Å². The molecule has 0 saturated heterocycles. The van der Waals surface area contributed by atoms with E-state index >= 15 is 0 Å². The minimum Gasteiger partial charge on any atom is -0.322 e. The van der Waals surface area contributed by atoms with Gasteiger partial charge in [-0.2, -0.15) is 0 Å². The first kappa shape index (κ1) is 15.5. The van der Waals surface area contributed by atoms with Gasteiger partial charge >= 0.3 is 0 Å². The topological polar surface area (TPSA) is 29.0 Å². The van der Waals surface area contributed by atoms with Gasteiger partial charge in [-0.05, 0) is 54.0 Å². The number of para-hydroxylation sites is 1. The van der Waals surface area contributed by atoms with E-state index in [4.69, 9.17) is 4.98 Å². The molecule has 3 nitrogen and oxygen atoms in total. The summed E-state index contributed by atoms with van der Waals surface area (Å²) in [7, 11) is 0. The lowest BCUT2D eigenvalue weighted by Crippen LogP contribution is -2.32. The Morgan fingerprint density at radius 3 is 2.35 bits per heavy atom. The molecule has 0 radical (unpaired) electrons. The summed E-state index contributed by atoms with van der Waals surface area (Å²) in [6, 6.07) is 19.8. The molecule has 0 amide bonds. The summed E-state index contributed by atoms with van der Waals surface area (Å²) < 4.78 is 0. The van der Waals surface area contributed by atoms with E-state index in [2.05, 4.69) is 76.8 Å². The Hall–Kier alpha value is -2.72. The predicted octanol–water partition coefficient (Wildman–Crippen LogP) is 5.31. The third-order valence-electron chi connectivity index (χ3n) is 5.19. The van der Waals surface area contributed by atoms with Crippen LogP contribution in [-0.2, 0) is 12.8 Å². The molecule has 2 aromatic heterocycles. The van der Waals surface area contributed by atoms with Crippen LogP contribution in [-0.4, -0.2) is 16.0 Å². The molecular formula is C22H19N3S. The summed E-state index contributed by atoms with van der Waals surface area (Å²) in [5.41, 5.74) is 5.34. The number of hydrogen-bond donors (Lipinski definition) is 0. The number of nitrogens with zero attached hydrogens (tertiary/aromatic N) is 3. The second kappa shape index (κ2) is 6.22. The smallest absolute Gasteiger partial charge is 0.145 e. The van der Waals surface area contributed by atoms with E-state index < -0.39 is 0 Å². The van der Waals surface area contributed by atoms with Crippen LogP contribution in [0.3, 0.4) is 0 Å². The number of benzene rings is 2. The van der Waals surface area contributed by atoms with Gasteiger partial charge in [0.2, 0.25) is 0 Å². The van der Waals surface area contributed by atoms with Gasteiger partial charge in [0.25, 0.3) is 0 Å². The molecule has 4 heteroatoms. The minimum atomic E-state index is 0.368. The maximum Gasteiger partial charge on any atom is 0.145 e. The fourth-order valence-corrected chi connectivity index (χ4v) is 4.88. The highest BCUT2D eigenvalue weighted by Gasteiger charge is 2.30. The van der Waals surface area contributed by atoms with Crippen molar-refractivity contribution >= 4 is 33.1 Å². The Balaban J connectivity index is 1.67. The molecule has 26 heavy (non-hydrogen) atoms. The first-order valence-corrected chi connectivity index (χ1v) is 9.79. The molecule has 1 aliphatic rings. The van der Waals surface area contributed by atoms with Crippen molar-refractivity contribution in [2.45, 2.75) is 25.8 Å². The van der Waals surface area contributed by atoms with E-state index in [0.717, 1.165) is 23.5 Å². The Morgan fingerprint density at radius 2 is 1.62 bits per heavy atom. The van der Waals surface area contributed by atoms with Crippen LogP contribution in [0.2, 0.25) is 0 Å². The molecule has 2 aromatic carbocycles. The number of hydrogen-bond acceptors (Lipinski definition) is 4. The van der Waals surface area contributed by atoms with Crippen LogP contribution in [0.5, 0.6) is 0 Å². The molecule has 1 aliphatic carbocycles. The van der Waals surface area contributed by atoms with Crippen LogP contribution < -0.4 is 4.90 Å². The number of rotatable bonds is 3. The summed E-state index contributed by atoms with van der Waals surface area (Å²) in [5.74, 6) is 1.03. The molecule has 4 aromatic rings. The van der Waals surface area contributed by atoms with Gasteiger partial charge < -0.3 is 4.90 Å². The van der Waals surface area contributed by atoms with Crippen molar-refractivity contribution in [2.24, 2.45) is 0 Å². The van der Waals surface area contributed by atoms with Gasteiger partial charge in [-0.1, -0.05) is 42.5 Å². The van der Waals surface area contributed by atoms with Crippen LogP contribution in [0.15, 0.2) is 66.3 Å². The molecule has 0 bridgehead atoms. The van der Waals surface area contributed by atoms with Crippen molar-refractivity contribution in [3.05, 3.63) is 83.0 Å². The largest absolute Gasteiger partial charge is 0.322 e. The number of aromatic nitrogens is 2. The van der Waals surface area contributed by atoms with Crippen LogP contribution in [0.4, 0.5) is 11.5 Å². The standard InChI is InChI=1S/C22H19N3S/c1-15-13-26-22-20(15)21(23-14-24-22)25(18-9-3-2-4-10-18)19-11-16-7-5-6-8-17(16)12-19/h2-10,13-14,19H,11-12H2,1H3. The van der Waals surface area contributed by atoms with Crippen molar-refractivity contribution in [3.63, 3.8) is 0 Å². The van der Waals surface area contributed by atoms with E-state index in [0.29, 0.717) is 6.04 Å². The van der Waals surface area contributed by atoms with Crippen LogP contribution in [0, 0.1) is 6.92 Å². The summed E-state index contributed by atoms with van der Waals surface area (Å²) in [6.45, 7) is 2.15. The average molecular weight is 357 g/mol. The number of anilines is 2. The second-order valence-corrected chi connectivity index (χ2v) is 7.69. The lowest BCUT2D eigenvalue weighted by atomic mass is 10.1. The molecule has 0 fully saturated rings. The van der Waals surface area contributed by atoms with Gasteiger partial charge in [-0.25, -0.2) is 9.97 Å². The van der Waals surface area contributed by atoms with Gasteiger partial charge in [0, 0.05) is 11.7 Å². The number of thiophene rings is 1.